The van der Waals surface area contributed by atoms with Crippen LogP contribution < -0.4 is 5.32 Å². The largest absolute Gasteiger partial charge is 0.314 e. The van der Waals surface area contributed by atoms with Gasteiger partial charge in [0.1, 0.15) is 5.82 Å². The molecule has 0 bridgehead atoms. The summed E-state index contributed by atoms with van der Waals surface area (Å²) >= 11 is 3.39. The quantitative estimate of drug-likeness (QED) is 0.868. The molecule has 112 valence electrons. The van der Waals surface area contributed by atoms with Gasteiger partial charge in [-0.2, -0.15) is 5.26 Å². The van der Waals surface area contributed by atoms with Crippen LogP contribution in [0.5, 0.6) is 0 Å². The van der Waals surface area contributed by atoms with Gasteiger partial charge in [-0.05, 0) is 17.7 Å². The zero-order valence-electron chi connectivity index (χ0n) is 10.8. The molecule has 1 N–H and O–H groups in total. The predicted molar refractivity (Wildman–Crippen MR) is 86.0 cm³/mol. The minimum Gasteiger partial charge on any atom is -0.314 e. The second-order valence-corrected chi connectivity index (χ2v) is 5.18. The topological polar surface area (TPSA) is 39.1 Å². The number of hydrogen-bond acceptors (Lipinski definition) is 3. The van der Waals surface area contributed by atoms with Crippen LogP contribution in [-0.2, 0) is 0 Å². The van der Waals surface area contributed by atoms with Crippen molar-refractivity contribution in [1.29, 1.82) is 5.26 Å². The normalized spacial score (nSPS) is 16.4. The van der Waals surface area contributed by atoms with E-state index in [9.17, 15) is 4.39 Å². The Morgan fingerprint density at radius 1 is 1.35 bits per heavy atom. The van der Waals surface area contributed by atoms with Crippen LogP contribution in [-0.4, -0.2) is 31.1 Å². The Hall–Kier alpha value is -0.380. The lowest BCUT2D eigenvalue weighted by atomic mass is 10.0. The highest BCUT2D eigenvalue weighted by molar-refractivity contribution is 9.10. The number of rotatable bonds is 3. The molecule has 1 aliphatic heterocycles. The lowest BCUT2D eigenvalue weighted by Gasteiger charge is -2.34. The van der Waals surface area contributed by atoms with Crippen molar-refractivity contribution < 1.29 is 4.39 Å². The number of hydrogen-bond donors (Lipinski definition) is 1. The number of benzene rings is 1. The van der Waals surface area contributed by atoms with E-state index in [4.69, 9.17) is 5.26 Å². The molecule has 0 aromatic heterocycles. The van der Waals surface area contributed by atoms with E-state index in [0.29, 0.717) is 6.42 Å². The summed E-state index contributed by atoms with van der Waals surface area (Å²) in [5.41, 5.74) is 0.986. The van der Waals surface area contributed by atoms with Gasteiger partial charge in [0.15, 0.2) is 0 Å². The highest BCUT2D eigenvalue weighted by atomic mass is 79.9. The first-order valence-electron chi connectivity index (χ1n) is 5.99. The number of nitrogens with zero attached hydrogens (tertiary/aromatic N) is 2. The summed E-state index contributed by atoms with van der Waals surface area (Å²) in [5.74, 6) is -0.262. The third-order valence-corrected chi connectivity index (χ3v) is 3.89. The molecule has 2 rings (SSSR count). The van der Waals surface area contributed by atoms with Gasteiger partial charge < -0.3 is 5.32 Å². The van der Waals surface area contributed by atoms with Crippen molar-refractivity contribution in [1.82, 2.24) is 10.2 Å². The predicted octanol–water partition coefficient (Wildman–Crippen LogP) is 3.29. The van der Waals surface area contributed by atoms with E-state index in [-0.39, 0.29) is 36.7 Å². The summed E-state index contributed by atoms with van der Waals surface area (Å²) < 4.78 is 13.9. The zero-order valence-corrected chi connectivity index (χ0v) is 14.0. The maximum absolute atomic E-state index is 13.1. The molecule has 1 atom stereocenters. The SMILES string of the molecule is Cl.Cl.N#CC[C@@H](c1ccc(F)cc1Br)N1CCNCC1. The number of nitrogens with one attached hydrogen (secondary N) is 1. The van der Waals surface area contributed by atoms with Crippen molar-refractivity contribution in [2.24, 2.45) is 0 Å². The van der Waals surface area contributed by atoms with E-state index in [1.165, 1.54) is 12.1 Å². The maximum Gasteiger partial charge on any atom is 0.124 e. The van der Waals surface area contributed by atoms with Crippen molar-refractivity contribution in [3.63, 3.8) is 0 Å². The molecule has 1 saturated heterocycles. The molecular formula is C13H17BrCl2FN3. The summed E-state index contributed by atoms with van der Waals surface area (Å²) in [6.07, 6.45) is 0.421. The summed E-state index contributed by atoms with van der Waals surface area (Å²) in [6, 6.07) is 6.94. The van der Waals surface area contributed by atoms with Crippen LogP contribution >= 0.6 is 40.7 Å². The van der Waals surface area contributed by atoms with Gasteiger partial charge in [0.2, 0.25) is 0 Å². The summed E-state index contributed by atoms with van der Waals surface area (Å²) in [7, 11) is 0. The highest BCUT2D eigenvalue weighted by Crippen LogP contribution is 2.31. The van der Waals surface area contributed by atoms with E-state index >= 15 is 0 Å². The lowest BCUT2D eigenvalue weighted by Crippen LogP contribution is -2.45. The van der Waals surface area contributed by atoms with E-state index in [1.54, 1.807) is 6.07 Å². The molecule has 1 aromatic carbocycles. The Kier molecular flexibility index (Phi) is 9.36. The molecular weight excluding hydrogens is 368 g/mol. The molecule has 3 nitrogen and oxygen atoms in total. The van der Waals surface area contributed by atoms with E-state index in [0.717, 1.165) is 36.2 Å². The Bertz CT molecular complexity index is 461. The Labute approximate surface area is 139 Å². The smallest absolute Gasteiger partial charge is 0.124 e. The molecule has 1 heterocycles. The molecule has 20 heavy (non-hydrogen) atoms. The molecule has 0 spiro atoms. The molecule has 0 amide bonds. The van der Waals surface area contributed by atoms with E-state index in [2.05, 4.69) is 32.2 Å². The van der Waals surface area contributed by atoms with Crippen LogP contribution in [0.4, 0.5) is 4.39 Å². The van der Waals surface area contributed by atoms with Crippen molar-refractivity contribution in [2.75, 3.05) is 26.2 Å². The minimum atomic E-state index is -0.262. The highest BCUT2D eigenvalue weighted by Gasteiger charge is 2.23. The Morgan fingerprint density at radius 2 is 2.00 bits per heavy atom. The Balaban J connectivity index is 0.00000180. The fourth-order valence-electron chi connectivity index (χ4n) is 2.29. The summed E-state index contributed by atoms with van der Waals surface area (Å²) in [4.78, 5) is 2.28. The van der Waals surface area contributed by atoms with Crippen LogP contribution in [0, 0.1) is 17.1 Å². The van der Waals surface area contributed by atoms with Crippen LogP contribution in [0.1, 0.15) is 18.0 Å². The monoisotopic (exact) mass is 383 g/mol. The molecule has 1 fully saturated rings. The summed E-state index contributed by atoms with van der Waals surface area (Å²) in [6.45, 7) is 3.69. The molecule has 1 aliphatic rings. The maximum atomic E-state index is 13.1. The van der Waals surface area contributed by atoms with Crippen LogP contribution in [0.25, 0.3) is 0 Å². The van der Waals surface area contributed by atoms with E-state index in [1.807, 2.05) is 0 Å². The van der Waals surface area contributed by atoms with Gasteiger partial charge in [-0.25, -0.2) is 4.39 Å². The summed E-state index contributed by atoms with van der Waals surface area (Å²) in [5, 5.41) is 12.3. The zero-order chi connectivity index (χ0) is 13.0. The van der Waals surface area contributed by atoms with Crippen molar-refractivity contribution in [3.8, 4) is 6.07 Å². The van der Waals surface area contributed by atoms with Crippen LogP contribution in [0.15, 0.2) is 22.7 Å². The van der Waals surface area contributed by atoms with Crippen LogP contribution in [0.3, 0.4) is 0 Å². The molecule has 0 aliphatic carbocycles. The van der Waals surface area contributed by atoms with Crippen molar-refractivity contribution >= 4 is 40.7 Å². The fraction of sp³-hybridized carbons (Fsp3) is 0.462. The van der Waals surface area contributed by atoms with Crippen LogP contribution in [0.2, 0.25) is 0 Å². The average Bonchev–Trinajstić information content (AvgIpc) is 2.38. The van der Waals surface area contributed by atoms with Gasteiger partial charge >= 0.3 is 0 Å². The van der Waals surface area contributed by atoms with Gasteiger partial charge in [-0.15, -0.1) is 24.8 Å². The lowest BCUT2D eigenvalue weighted by molar-refractivity contribution is 0.175. The second-order valence-electron chi connectivity index (χ2n) is 4.33. The van der Waals surface area contributed by atoms with Gasteiger partial charge in [-0.1, -0.05) is 22.0 Å². The number of piperazine rings is 1. The third kappa shape index (κ3) is 4.87. The first-order chi connectivity index (χ1) is 8.72. The molecule has 0 unspecified atom stereocenters. The van der Waals surface area contributed by atoms with Gasteiger partial charge in [0.25, 0.3) is 0 Å². The van der Waals surface area contributed by atoms with Gasteiger partial charge in [0.05, 0.1) is 12.5 Å². The first-order valence-corrected chi connectivity index (χ1v) is 6.78. The molecule has 0 radical (unpaired) electrons. The van der Waals surface area contributed by atoms with Gasteiger partial charge in [0, 0.05) is 36.7 Å². The minimum absolute atomic E-state index is 0. The second kappa shape index (κ2) is 9.54. The first kappa shape index (κ1) is 19.6. The van der Waals surface area contributed by atoms with Gasteiger partial charge in [-0.3, -0.25) is 4.90 Å². The van der Waals surface area contributed by atoms with Crippen molar-refractivity contribution in [2.45, 2.75) is 12.5 Å². The Morgan fingerprint density at radius 3 is 2.55 bits per heavy atom. The number of nitriles is 1. The third-order valence-electron chi connectivity index (χ3n) is 3.20. The molecule has 1 aromatic rings. The fourth-order valence-corrected chi connectivity index (χ4v) is 2.90. The standard InChI is InChI=1S/C13H15BrFN3.2ClH/c14-12-9-10(15)1-2-11(12)13(3-4-16)18-7-5-17-6-8-18;;/h1-2,9,13,17H,3,5-8H2;2*1H/t13-;;/m0../s1. The average molecular weight is 385 g/mol. The van der Waals surface area contributed by atoms with E-state index < -0.39 is 0 Å². The number of halogens is 4. The molecule has 0 saturated carbocycles. The molecule has 7 heteroatoms. The van der Waals surface area contributed by atoms with Crippen molar-refractivity contribution in [3.05, 3.63) is 34.1 Å².